The molecule has 0 fully saturated rings. The lowest BCUT2D eigenvalue weighted by Gasteiger charge is -2.16. The molecule has 0 saturated carbocycles. The summed E-state index contributed by atoms with van der Waals surface area (Å²) in [4.78, 5) is 2.08. The van der Waals surface area contributed by atoms with Gasteiger partial charge in [-0.2, -0.15) is 0 Å². The summed E-state index contributed by atoms with van der Waals surface area (Å²) in [5.41, 5.74) is 4.37. The highest BCUT2D eigenvalue weighted by Gasteiger charge is 2.23. The number of nitrogens with zero attached hydrogens (tertiary/aromatic N) is 1. The van der Waals surface area contributed by atoms with Crippen LogP contribution in [0, 0.1) is 0 Å². The highest BCUT2D eigenvalue weighted by molar-refractivity contribution is 7.53. The Morgan fingerprint density at radius 1 is 0.846 bits per heavy atom. The predicted octanol–water partition coefficient (Wildman–Crippen LogP) is 5.69. The van der Waals surface area contributed by atoms with Crippen LogP contribution < -0.4 is 4.90 Å². The maximum Gasteiger partial charge on any atom is 0.335 e. The third-order valence-electron chi connectivity index (χ3n) is 3.89. The molecule has 0 N–H and O–H groups in total. The van der Waals surface area contributed by atoms with Crippen molar-refractivity contribution < 1.29 is 13.6 Å². The minimum atomic E-state index is -3.05. The van der Waals surface area contributed by atoms with Crippen molar-refractivity contribution in [3.05, 3.63) is 65.2 Å². The van der Waals surface area contributed by atoms with E-state index >= 15 is 0 Å². The normalized spacial score (nSPS) is 11.8. The first kappa shape index (κ1) is 20.4. The average Bonchev–Trinajstić information content (AvgIpc) is 2.62. The van der Waals surface area contributed by atoms with Crippen LogP contribution in [0.5, 0.6) is 0 Å². The van der Waals surface area contributed by atoms with E-state index in [9.17, 15) is 4.57 Å². The lowest BCUT2D eigenvalue weighted by molar-refractivity contribution is 0.219. The molecular formula is C21H28NO3P. The molecular weight excluding hydrogens is 345 g/mol. The van der Waals surface area contributed by atoms with Gasteiger partial charge in [-0.25, -0.2) is 0 Å². The predicted molar refractivity (Wildman–Crippen MR) is 111 cm³/mol. The molecule has 0 amide bonds. The third-order valence-corrected chi connectivity index (χ3v) is 5.94. The average molecular weight is 373 g/mol. The molecule has 2 aromatic rings. The summed E-state index contributed by atoms with van der Waals surface area (Å²) in [7, 11) is 1.01. The maximum atomic E-state index is 12.6. The van der Waals surface area contributed by atoms with E-state index in [1.807, 2.05) is 52.2 Å². The molecule has 26 heavy (non-hydrogen) atoms. The smallest absolute Gasteiger partial charge is 0.335 e. The number of hydrogen-bond acceptors (Lipinski definition) is 4. The molecule has 4 nitrogen and oxygen atoms in total. The fourth-order valence-electron chi connectivity index (χ4n) is 2.56. The van der Waals surface area contributed by atoms with Crippen molar-refractivity contribution in [2.45, 2.75) is 20.0 Å². The van der Waals surface area contributed by atoms with Gasteiger partial charge in [0, 0.05) is 19.8 Å². The van der Waals surface area contributed by atoms with Crippen molar-refractivity contribution in [1.29, 1.82) is 0 Å². The van der Waals surface area contributed by atoms with Gasteiger partial charge in [0.05, 0.1) is 19.4 Å². The Morgan fingerprint density at radius 3 is 1.73 bits per heavy atom. The number of benzene rings is 2. The topological polar surface area (TPSA) is 38.8 Å². The van der Waals surface area contributed by atoms with Gasteiger partial charge in [0.2, 0.25) is 0 Å². The van der Waals surface area contributed by atoms with Crippen LogP contribution >= 0.6 is 7.60 Å². The van der Waals surface area contributed by atoms with Crippen molar-refractivity contribution in [1.82, 2.24) is 0 Å². The molecule has 0 saturated heterocycles. The van der Waals surface area contributed by atoms with E-state index in [1.165, 1.54) is 5.69 Å². The Morgan fingerprint density at radius 2 is 1.31 bits per heavy atom. The van der Waals surface area contributed by atoms with Crippen molar-refractivity contribution in [3.63, 3.8) is 0 Å². The largest absolute Gasteiger partial charge is 0.378 e. The van der Waals surface area contributed by atoms with E-state index in [0.29, 0.717) is 19.4 Å². The van der Waals surface area contributed by atoms with Gasteiger partial charge in [-0.1, -0.05) is 48.6 Å². The number of anilines is 1. The first-order chi connectivity index (χ1) is 12.5. The van der Waals surface area contributed by atoms with E-state index in [1.54, 1.807) is 0 Å². The molecule has 0 aliphatic carbocycles. The Kier molecular flexibility index (Phi) is 7.65. The fraction of sp³-hybridized carbons (Fsp3) is 0.333. The minimum Gasteiger partial charge on any atom is -0.378 e. The van der Waals surface area contributed by atoms with Crippen LogP contribution in [0.4, 0.5) is 5.69 Å². The number of hydrogen-bond donors (Lipinski definition) is 0. The van der Waals surface area contributed by atoms with Gasteiger partial charge in [-0.15, -0.1) is 0 Å². The molecule has 2 aromatic carbocycles. The monoisotopic (exact) mass is 373 g/mol. The van der Waals surface area contributed by atoms with Gasteiger partial charge in [-0.05, 0) is 42.7 Å². The fourth-order valence-corrected chi connectivity index (χ4v) is 4.26. The summed E-state index contributed by atoms with van der Waals surface area (Å²) in [5.74, 6) is 0. The summed E-state index contributed by atoms with van der Waals surface area (Å²) in [6, 6.07) is 16.4. The standard InChI is InChI=1S/C21H28NO3P/c1-5-24-26(23,25-6-2)17-20-11-9-18(10-12-20)7-8-19-13-15-21(16-14-19)22(3)4/h7-16H,5-6,17H2,1-4H3/b8-7+. The first-order valence-electron chi connectivity index (χ1n) is 8.88. The van der Waals surface area contributed by atoms with Gasteiger partial charge >= 0.3 is 7.60 Å². The van der Waals surface area contributed by atoms with E-state index in [4.69, 9.17) is 9.05 Å². The first-order valence-corrected chi connectivity index (χ1v) is 10.6. The van der Waals surface area contributed by atoms with Crippen LogP contribution in [0.15, 0.2) is 48.5 Å². The van der Waals surface area contributed by atoms with E-state index < -0.39 is 7.60 Å². The summed E-state index contributed by atoms with van der Waals surface area (Å²) in [6.45, 7) is 4.41. The van der Waals surface area contributed by atoms with Crippen LogP contribution in [0.25, 0.3) is 12.2 Å². The Hall–Kier alpha value is -1.87. The van der Waals surface area contributed by atoms with Crippen LogP contribution in [-0.2, 0) is 19.8 Å². The van der Waals surface area contributed by atoms with E-state index in [2.05, 4.69) is 41.3 Å². The molecule has 0 aromatic heterocycles. The summed E-state index contributed by atoms with van der Waals surface area (Å²) < 4.78 is 23.3. The second kappa shape index (κ2) is 9.72. The Bertz CT molecular complexity index is 742. The molecule has 0 aliphatic heterocycles. The van der Waals surface area contributed by atoms with Gasteiger partial charge in [0.15, 0.2) is 0 Å². The molecule has 0 unspecified atom stereocenters. The highest BCUT2D eigenvalue weighted by Crippen LogP contribution is 2.51. The van der Waals surface area contributed by atoms with Gasteiger partial charge < -0.3 is 13.9 Å². The zero-order valence-corrected chi connectivity index (χ0v) is 16.9. The molecule has 0 heterocycles. The maximum absolute atomic E-state index is 12.6. The van der Waals surface area contributed by atoms with Crippen molar-refractivity contribution in [2.24, 2.45) is 0 Å². The molecule has 2 rings (SSSR count). The van der Waals surface area contributed by atoms with E-state index in [0.717, 1.165) is 16.7 Å². The summed E-state index contributed by atoms with van der Waals surface area (Å²) >= 11 is 0. The third kappa shape index (κ3) is 6.14. The van der Waals surface area contributed by atoms with Crippen LogP contribution in [0.3, 0.4) is 0 Å². The summed E-state index contributed by atoms with van der Waals surface area (Å²) in [6.07, 6.45) is 4.45. The second-order valence-corrected chi connectivity index (χ2v) is 8.22. The van der Waals surface area contributed by atoms with Gasteiger partial charge in [0.1, 0.15) is 0 Å². The molecule has 140 valence electrons. The van der Waals surface area contributed by atoms with Crippen molar-refractivity contribution >= 4 is 25.4 Å². The number of rotatable bonds is 9. The Balaban J connectivity index is 2.03. The van der Waals surface area contributed by atoms with Gasteiger partial charge in [-0.3, -0.25) is 4.57 Å². The highest BCUT2D eigenvalue weighted by atomic mass is 31.2. The molecule has 0 spiro atoms. The zero-order valence-electron chi connectivity index (χ0n) is 16.0. The Labute approximate surface area is 157 Å². The molecule has 0 bridgehead atoms. The quantitative estimate of drug-likeness (QED) is 0.418. The lowest BCUT2D eigenvalue weighted by atomic mass is 10.1. The zero-order chi connectivity index (χ0) is 19.0. The molecule has 0 aliphatic rings. The van der Waals surface area contributed by atoms with Crippen molar-refractivity contribution in [3.8, 4) is 0 Å². The second-order valence-electron chi connectivity index (χ2n) is 6.17. The van der Waals surface area contributed by atoms with Crippen LogP contribution in [0.2, 0.25) is 0 Å². The van der Waals surface area contributed by atoms with Crippen LogP contribution in [0.1, 0.15) is 30.5 Å². The molecule has 0 atom stereocenters. The summed E-state index contributed by atoms with van der Waals surface area (Å²) in [5, 5.41) is 0. The minimum absolute atomic E-state index is 0.296. The van der Waals surface area contributed by atoms with Crippen LogP contribution in [-0.4, -0.2) is 27.3 Å². The SMILES string of the molecule is CCOP(=O)(Cc1ccc(/C=C/c2ccc(N(C)C)cc2)cc1)OCC. The van der Waals surface area contributed by atoms with Gasteiger partial charge in [0.25, 0.3) is 0 Å². The van der Waals surface area contributed by atoms with Crippen molar-refractivity contribution in [2.75, 3.05) is 32.2 Å². The van der Waals surface area contributed by atoms with E-state index in [-0.39, 0.29) is 0 Å². The molecule has 0 radical (unpaired) electrons. The molecule has 5 heteroatoms. The lowest BCUT2D eigenvalue weighted by Crippen LogP contribution is -2.07.